The Hall–Kier alpha value is -1.79. The van der Waals surface area contributed by atoms with Gasteiger partial charge in [-0.1, -0.05) is 0 Å². The third kappa shape index (κ3) is 5.11. The number of carboxylic acids is 1. The van der Waals surface area contributed by atoms with Crippen LogP contribution in [0.3, 0.4) is 0 Å². The Morgan fingerprint density at radius 1 is 0.783 bits per heavy atom. The van der Waals surface area contributed by atoms with Crippen LogP contribution in [0.1, 0.15) is 51.4 Å². The molecule has 7 nitrogen and oxygen atoms in total. The maximum Gasteiger partial charge on any atom is 0.508 e. The maximum absolute atomic E-state index is 12.2. The number of carbonyl (C=O) groups excluding carboxylic acids is 2. The summed E-state index contributed by atoms with van der Waals surface area (Å²) in [6.07, 6.45) is 3.82. The zero-order valence-corrected chi connectivity index (χ0v) is 13.4. The molecule has 0 unspecified atom stereocenters. The van der Waals surface area contributed by atoms with Crippen LogP contribution in [0.15, 0.2) is 0 Å². The van der Waals surface area contributed by atoms with E-state index in [1.54, 1.807) is 0 Å². The predicted molar refractivity (Wildman–Crippen MR) is 78.7 cm³/mol. The largest absolute Gasteiger partial charge is 0.508 e. The van der Waals surface area contributed by atoms with Gasteiger partial charge in [-0.3, -0.25) is 9.59 Å². The van der Waals surface area contributed by atoms with Crippen molar-refractivity contribution in [3.05, 3.63) is 0 Å². The van der Waals surface area contributed by atoms with Gasteiger partial charge in [-0.2, -0.15) is 0 Å². The normalized spacial score (nSPS) is 31.0. The van der Waals surface area contributed by atoms with E-state index in [4.69, 9.17) is 14.6 Å². The lowest BCUT2D eigenvalue weighted by Crippen LogP contribution is -2.33. The Labute approximate surface area is 135 Å². The molecule has 130 valence electrons. The average molecular weight is 328 g/mol. The third-order valence-corrected chi connectivity index (χ3v) is 4.74. The van der Waals surface area contributed by atoms with Gasteiger partial charge in [-0.25, -0.2) is 4.79 Å². The molecule has 2 aliphatic rings. The second-order valence-corrected chi connectivity index (χ2v) is 6.29. The van der Waals surface area contributed by atoms with E-state index in [0.717, 1.165) is 0 Å². The molecule has 0 radical (unpaired) electrons. The Kier molecular flexibility index (Phi) is 6.24. The van der Waals surface area contributed by atoms with Crippen LogP contribution in [0.5, 0.6) is 0 Å². The SMILES string of the molecule is COC(=O)OC1CCC(C(=O)OC2CCC(C(=O)O)CC2)CC1. The number of esters is 1. The molecule has 7 heteroatoms. The summed E-state index contributed by atoms with van der Waals surface area (Å²) in [7, 11) is 1.27. The highest BCUT2D eigenvalue weighted by molar-refractivity contribution is 5.73. The molecule has 0 amide bonds. The van der Waals surface area contributed by atoms with Gasteiger partial charge in [0.1, 0.15) is 12.2 Å². The minimum absolute atomic E-state index is 0.162. The zero-order valence-electron chi connectivity index (χ0n) is 13.4. The first-order valence-electron chi connectivity index (χ1n) is 8.17. The molecule has 0 aromatic heterocycles. The topological polar surface area (TPSA) is 99.1 Å². The van der Waals surface area contributed by atoms with E-state index < -0.39 is 12.1 Å². The minimum atomic E-state index is -0.765. The lowest BCUT2D eigenvalue weighted by atomic mass is 9.86. The van der Waals surface area contributed by atoms with Crippen LogP contribution < -0.4 is 0 Å². The van der Waals surface area contributed by atoms with E-state index in [9.17, 15) is 14.4 Å². The van der Waals surface area contributed by atoms with Crippen LogP contribution in [0.2, 0.25) is 0 Å². The van der Waals surface area contributed by atoms with Crippen molar-refractivity contribution in [1.29, 1.82) is 0 Å². The molecule has 2 rings (SSSR count). The molecule has 0 saturated heterocycles. The van der Waals surface area contributed by atoms with Crippen molar-refractivity contribution >= 4 is 18.1 Å². The Balaban J connectivity index is 1.69. The van der Waals surface area contributed by atoms with Gasteiger partial charge in [0, 0.05) is 0 Å². The molecule has 2 saturated carbocycles. The lowest BCUT2D eigenvalue weighted by molar-refractivity contribution is -0.158. The number of hydrogen-bond acceptors (Lipinski definition) is 6. The predicted octanol–water partition coefficient (Wildman–Crippen LogP) is 2.51. The Morgan fingerprint density at radius 3 is 1.74 bits per heavy atom. The molecule has 1 N–H and O–H groups in total. The quantitative estimate of drug-likeness (QED) is 0.791. The first-order chi connectivity index (χ1) is 11.0. The third-order valence-electron chi connectivity index (χ3n) is 4.74. The maximum atomic E-state index is 12.2. The fraction of sp³-hybridized carbons (Fsp3) is 0.812. The highest BCUT2D eigenvalue weighted by atomic mass is 16.7. The summed E-state index contributed by atoms with van der Waals surface area (Å²) in [4.78, 5) is 34.2. The lowest BCUT2D eigenvalue weighted by Gasteiger charge is -2.30. The summed E-state index contributed by atoms with van der Waals surface area (Å²) in [5.74, 6) is -1.44. The molecule has 0 heterocycles. The second kappa shape index (κ2) is 8.17. The summed E-state index contributed by atoms with van der Waals surface area (Å²) < 4.78 is 15.1. The molecule has 0 aliphatic heterocycles. The van der Waals surface area contributed by atoms with Crippen molar-refractivity contribution in [3.8, 4) is 0 Å². The van der Waals surface area contributed by atoms with Crippen LogP contribution in [-0.4, -0.2) is 42.5 Å². The van der Waals surface area contributed by atoms with Crippen LogP contribution in [-0.2, 0) is 23.8 Å². The molecule has 0 atom stereocenters. The van der Waals surface area contributed by atoms with Crippen molar-refractivity contribution in [1.82, 2.24) is 0 Å². The standard InChI is InChI=1S/C16H24O7/c1-21-16(20)23-13-8-4-11(5-9-13)15(19)22-12-6-2-10(3-7-12)14(17)18/h10-13H,2-9H2,1H3,(H,17,18). The average Bonchev–Trinajstić information content (AvgIpc) is 2.55. The number of rotatable bonds is 4. The van der Waals surface area contributed by atoms with Crippen LogP contribution >= 0.6 is 0 Å². The fourth-order valence-electron chi connectivity index (χ4n) is 3.29. The van der Waals surface area contributed by atoms with Gasteiger partial charge >= 0.3 is 18.1 Å². The van der Waals surface area contributed by atoms with E-state index >= 15 is 0 Å². The summed E-state index contributed by atoms with van der Waals surface area (Å²) in [6.45, 7) is 0. The van der Waals surface area contributed by atoms with Crippen LogP contribution in [0.25, 0.3) is 0 Å². The zero-order chi connectivity index (χ0) is 16.8. The van der Waals surface area contributed by atoms with E-state index in [1.807, 2.05) is 0 Å². The number of carbonyl (C=O) groups is 3. The van der Waals surface area contributed by atoms with Gasteiger partial charge in [0.05, 0.1) is 18.9 Å². The summed E-state index contributed by atoms with van der Waals surface area (Å²) in [5.41, 5.74) is 0. The van der Waals surface area contributed by atoms with E-state index in [1.165, 1.54) is 7.11 Å². The number of aliphatic carboxylic acids is 1. The minimum Gasteiger partial charge on any atom is -0.481 e. The molecule has 2 fully saturated rings. The monoisotopic (exact) mass is 328 g/mol. The van der Waals surface area contributed by atoms with Gasteiger partial charge in [0.2, 0.25) is 0 Å². The van der Waals surface area contributed by atoms with Gasteiger partial charge in [0.15, 0.2) is 0 Å². The van der Waals surface area contributed by atoms with Crippen LogP contribution in [0.4, 0.5) is 4.79 Å². The molecule has 0 bridgehead atoms. The smallest absolute Gasteiger partial charge is 0.481 e. The number of hydrogen-bond donors (Lipinski definition) is 1. The molecule has 0 aromatic carbocycles. The fourth-order valence-corrected chi connectivity index (χ4v) is 3.29. The van der Waals surface area contributed by atoms with Crippen molar-refractivity contribution in [2.45, 2.75) is 63.6 Å². The Morgan fingerprint density at radius 2 is 1.26 bits per heavy atom. The summed E-state index contributed by atoms with van der Waals surface area (Å²) in [6, 6.07) is 0. The molecular formula is C16H24O7. The van der Waals surface area contributed by atoms with Gasteiger partial charge < -0.3 is 19.3 Å². The van der Waals surface area contributed by atoms with Crippen molar-refractivity contribution < 1.29 is 33.7 Å². The first kappa shape index (κ1) is 17.6. The van der Waals surface area contributed by atoms with Crippen molar-refractivity contribution in [2.75, 3.05) is 7.11 Å². The van der Waals surface area contributed by atoms with Gasteiger partial charge in [0.25, 0.3) is 0 Å². The molecular weight excluding hydrogens is 304 g/mol. The van der Waals surface area contributed by atoms with E-state index in [-0.39, 0.29) is 30.0 Å². The molecule has 23 heavy (non-hydrogen) atoms. The number of methoxy groups -OCH3 is 1. The van der Waals surface area contributed by atoms with Crippen molar-refractivity contribution in [2.24, 2.45) is 11.8 Å². The van der Waals surface area contributed by atoms with Gasteiger partial charge in [-0.05, 0) is 51.4 Å². The summed E-state index contributed by atoms with van der Waals surface area (Å²) >= 11 is 0. The molecule has 0 spiro atoms. The van der Waals surface area contributed by atoms with Crippen molar-refractivity contribution in [3.63, 3.8) is 0 Å². The molecule has 2 aliphatic carbocycles. The number of carboxylic acid groups (broad SMARTS) is 1. The Bertz CT molecular complexity index is 432. The highest BCUT2D eigenvalue weighted by Crippen LogP contribution is 2.31. The number of ether oxygens (including phenoxy) is 3. The first-order valence-corrected chi connectivity index (χ1v) is 8.17. The summed E-state index contributed by atoms with van der Waals surface area (Å²) in [5, 5.41) is 8.96. The highest BCUT2D eigenvalue weighted by Gasteiger charge is 2.33. The second-order valence-electron chi connectivity index (χ2n) is 6.29. The van der Waals surface area contributed by atoms with Crippen LogP contribution in [0, 0.1) is 11.8 Å². The van der Waals surface area contributed by atoms with E-state index in [0.29, 0.717) is 51.4 Å². The van der Waals surface area contributed by atoms with Gasteiger partial charge in [-0.15, -0.1) is 0 Å². The van der Waals surface area contributed by atoms with E-state index in [2.05, 4.69) is 4.74 Å². The molecule has 0 aromatic rings.